The van der Waals surface area contributed by atoms with E-state index in [9.17, 15) is 4.79 Å². The largest absolute Gasteiger partial charge is 0.466 e. The Bertz CT molecular complexity index is 366. The van der Waals surface area contributed by atoms with Gasteiger partial charge in [-0.25, -0.2) is 0 Å². The van der Waals surface area contributed by atoms with Crippen molar-refractivity contribution in [1.82, 2.24) is 9.80 Å². The van der Waals surface area contributed by atoms with Gasteiger partial charge in [-0.2, -0.15) is 0 Å². The van der Waals surface area contributed by atoms with Gasteiger partial charge in [0.2, 0.25) is 0 Å². The molecule has 0 spiro atoms. The normalized spacial score (nSPS) is 34.6. The first-order valence-corrected chi connectivity index (χ1v) is 8.91. The maximum Gasteiger partial charge on any atom is 0.307 e. The Morgan fingerprint density at radius 2 is 1.86 bits per heavy atom. The molecule has 0 aromatic heterocycles. The van der Waals surface area contributed by atoms with Gasteiger partial charge < -0.3 is 4.74 Å². The number of hydrogen-bond acceptors (Lipinski definition) is 4. The van der Waals surface area contributed by atoms with Gasteiger partial charge in [-0.1, -0.05) is 12.8 Å². The van der Waals surface area contributed by atoms with E-state index in [1.54, 1.807) is 0 Å². The van der Waals surface area contributed by atoms with Crippen molar-refractivity contribution in [3.8, 4) is 0 Å². The molecule has 0 aromatic rings. The number of hydrogen-bond donors (Lipinski definition) is 0. The first kappa shape index (κ1) is 15.3. The summed E-state index contributed by atoms with van der Waals surface area (Å²) in [5.41, 5.74) is 0.0626. The molecule has 21 heavy (non-hydrogen) atoms. The molecule has 0 bridgehead atoms. The third-order valence-corrected chi connectivity index (χ3v) is 5.81. The molecule has 3 fully saturated rings. The van der Waals surface area contributed by atoms with Gasteiger partial charge in [0, 0.05) is 18.1 Å². The van der Waals surface area contributed by atoms with Crippen molar-refractivity contribution < 1.29 is 9.53 Å². The van der Waals surface area contributed by atoms with Gasteiger partial charge in [0.1, 0.15) is 0 Å². The second-order valence-electron chi connectivity index (χ2n) is 6.93. The maximum absolute atomic E-state index is 12.3. The summed E-state index contributed by atoms with van der Waals surface area (Å²) in [5, 5.41) is 0. The van der Waals surface area contributed by atoms with Crippen molar-refractivity contribution in [2.24, 2.45) is 0 Å². The zero-order chi connectivity index (χ0) is 14.7. The molecule has 3 heterocycles. The molecule has 3 saturated heterocycles. The quantitative estimate of drug-likeness (QED) is 0.746. The molecule has 0 N–H and O–H groups in total. The van der Waals surface area contributed by atoms with Crippen molar-refractivity contribution in [2.45, 2.75) is 69.9 Å². The van der Waals surface area contributed by atoms with E-state index in [2.05, 4.69) is 9.80 Å². The molecule has 3 aliphatic heterocycles. The average molecular weight is 294 g/mol. The minimum Gasteiger partial charge on any atom is -0.466 e. The highest BCUT2D eigenvalue weighted by molar-refractivity contribution is 5.71. The summed E-state index contributed by atoms with van der Waals surface area (Å²) in [5.74, 6) is 0.00972. The predicted octanol–water partition coefficient (Wildman–Crippen LogP) is 2.42. The highest BCUT2D eigenvalue weighted by atomic mass is 16.5. The lowest BCUT2D eigenvalue weighted by Gasteiger charge is -2.44. The van der Waals surface area contributed by atoms with Crippen LogP contribution >= 0.6 is 0 Å². The number of carbonyl (C=O) groups excluding carboxylic acids is 1. The molecule has 2 atom stereocenters. The van der Waals surface area contributed by atoms with Crippen LogP contribution in [0.2, 0.25) is 0 Å². The van der Waals surface area contributed by atoms with Gasteiger partial charge in [0.15, 0.2) is 0 Å². The molecule has 2 unspecified atom stereocenters. The van der Waals surface area contributed by atoms with E-state index in [-0.39, 0.29) is 11.5 Å². The Morgan fingerprint density at radius 1 is 1.10 bits per heavy atom. The van der Waals surface area contributed by atoms with Crippen LogP contribution in [0.5, 0.6) is 0 Å². The summed E-state index contributed by atoms with van der Waals surface area (Å²) in [6.07, 6.45) is 9.58. The third-order valence-electron chi connectivity index (χ3n) is 5.81. The Kier molecular flexibility index (Phi) is 4.85. The SMILES string of the molecule is CCOC(=O)CC1(N2CCCCCC2)CCN2CCCC21. The smallest absolute Gasteiger partial charge is 0.307 e. The molecule has 120 valence electrons. The summed E-state index contributed by atoms with van der Waals surface area (Å²) in [6, 6.07) is 0.583. The summed E-state index contributed by atoms with van der Waals surface area (Å²) in [7, 11) is 0. The molecule has 3 rings (SSSR count). The van der Waals surface area contributed by atoms with Crippen molar-refractivity contribution >= 4 is 5.97 Å². The van der Waals surface area contributed by atoms with Gasteiger partial charge in [-0.05, 0) is 58.7 Å². The van der Waals surface area contributed by atoms with E-state index >= 15 is 0 Å². The standard InChI is InChI=1S/C17H30N2O2/c1-2-21-16(20)14-17(19-11-5-3-4-6-12-19)9-13-18-10-7-8-15(17)18/h15H,2-14H2,1H3. The van der Waals surface area contributed by atoms with Crippen molar-refractivity contribution in [3.63, 3.8) is 0 Å². The molecular formula is C17H30N2O2. The second-order valence-corrected chi connectivity index (χ2v) is 6.93. The topological polar surface area (TPSA) is 32.8 Å². The van der Waals surface area contributed by atoms with Crippen LogP contribution in [0.4, 0.5) is 0 Å². The Balaban J connectivity index is 1.81. The van der Waals surface area contributed by atoms with Gasteiger partial charge in [0.25, 0.3) is 0 Å². The number of rotatable bonds is 4. The molecule has 4 heteroatoms. The van der Waals surface area contributed by atoms with Crippen LogP contribution in [0, 0.1) is 0 Å². The minimum absolute atomic E-state index is 0.00972. The van der Waals surface area contributed by atoms with Gasteiger partial charge in [0.05, 0.1) is 13.0 Å². The molecular weight excluding hydrogens is 264 g/mol. The lowest BCUT2D eigenvalue weighted by Crippen LogP contribution is -2.57. The Morgan fingerprint density at radius 3 is 2.57 bits per heavy atom. The number of ether oxygens (including phenoxy) is 1. The average Bonchev–Trinajstić information content (AvgIpc) is 2.94. The first-order valence-electron chi connectivity index (χ1n) is 8.91. The monoisotopic (exact) mass is 294 g/mol. The number of esters is 1. The number of likely N-dealkylation sites (tertiary alicyclic amines) is 1. The fourth-order valence-electron chi connectivity index (χ4n) is 4.87. The van der Waals surface area contributed by atoms with E-state index in [1.165, 1.54) is 64.7 Å². The molecule has 0 amide bonds. The van der Waals surface area contributed by atoms with E-state index < -0.39 is 0 Å². The molecule has 4 nitrogen and oxygen atoms in total. The number of fused-ring (bicyclic) bond motifs is 1. The van der Waals surface area contributed by atoms with Crippen LogP contribution in [-0.2, 0) is 9.53 Å². The lowest BCUT2D eigenvalue weighted by molar-refractivity contribution is -0.147. The minimum atomic E-state index is 0.00972. The van der Waals surface area contributed by atoms with Crippen LogP contribution in [-0.4, -0.2) is 60.1 Å². The molecule has 0 aliphatic carbocycles. The molecule has 0 aromatic carbocycles. The third kappa shape index (κ3) is 2.98. The number of carbonyl (C=O) groups is 1. The van der Waals surface area contributed by atoms with Crippen LogP contribution in [0.15, 0.2) is 0 Å². The highest BCUT2D eigenvalue weighted by Crippen LogP contribution is 2.43. The van der Waals surface area contributed by atoms with E-state index in [1.807, 2.05) is 6.92 Å². The van der Waals surface area contributed by atoms with Crippen LogP contribution in [0.25, 0.3) is 0 Å². The summed E-state index contributed by atoms with van der Waals surface area (Å²) < 4.78 is 5.32. The summed E-state index contributed by atoms with van der Waals surface area (Å²) in [4.78, 5) is 17.6. The first-order chi connectivity index (χ1) is 10.3. The van der Waals surface area contributed by atoms with Crippen molar-refractivity contribution in [3.05, 3.63) is 0 Å². The zero-order valence-corrected chi connectivity index (χ0v) is 13.5. The van der Waals surface area contributed by atoms with Crippen molar-refractivity contribution in [2.75, 3.05) is 32.8 Å². The highest BCUT2D eigenvalue weighted by Gasteiger charge is 2.53. The van der Waals surface area contributed by atoms with Gasteiger partial charge in [-0.15, -0.1) is 0 Å². The van der Waals surface area contributed by atoms with Crippen molar-refractivity contribution in [1.29, 1.82) is 0 Å². The second kappa shape index (κ2) is 6.66. The van der Waals surface area contributed by atoms with Gasteiger partial charge in [-0.3, -0.25) is 14.6 Å². The number of nitrogens with zero attached hydrogens (tertiary/aromatic N) is 2. The summed E-state index contributed by atoms with van der Waals surface area (Å²) in [6.45, 7) is 7.15. The Labute approximate surface area is 128 Å². The molecule has 0 saturated carbocycles. The van der Waals surface area contributed by atoms with E-state index in [4.69, 9.17) is 4.74 Å². The lowest BCUT2D eigenvalue weighted by atomic mass is 9.83. The van der Waals surface area contributed by atoms with Crippen LogP contribution < -0.4 is 0 Å². The van der Waals surface area contributed by atoms with E-state index in [0.29, 0.717) is 19.1 Å². The van der Waals surface area contributed by atoms with E-state index in [0.717, 1.165) is 6.42 Å². The fraction of sp³-hybridized carbons (Fsp3) is 0.941. The predicted molar refractivity (Wildman–Crippen MR) is 83.2 cm³/mol. The van der Waals surface area contributed by atoms with Crippen LogP contribution in [0.3, 0.4) is 0 Å². The Hall–Kier alpha value is -0.610. The molecule has 3 aliphatic rings. The zero-order valence-electron chi connectivity index (χ0n) is 13.5. The fourth-order valence-corrected chi connectivity index (χ4v) is 4.87. The van der Waals surface area contributed by atoms with Gasteiger partial charge >= 0.3 is 5.97 Å². The molecule has 0 radical (unpaired) electrons. The summed E-state index contributed by atoms with van der Waals surface area (Å²) >= 11 is 0. The maximum atomic E-state index is 12.3. The van der Waals surface area contributed by atoms with Crippen LogP contribution in [0.1, 0.15) is 58.3 Å².